The molecule has 1 heterocycles. The molecule has 2 aromatic rings. The summed E-state index contributed by atoms with van der Waals surface area (Å²) in [5, 5.41) is 8.27. The van der Waals surface area contributed by atoms with Crippen molar-refractivity contribution in [3.63, 3.8) is 0 Å². The van der Waals surface area contributed by atoms with E-state index < -0.39 is 0 Å². The van der Waals surface area contributed by atoms with E-state index in [0.29, 0.717) is 0 Å². The molecule has 2 rings (SSSR count). The van der Waals surface area contributed by atoms with Gasteiger partial charge in [-0.2, -0.15) is 4.37 Å². The normalized spacial score (nSPS) is 10.2. The molecule has 0 fully saturated rings. The molecule has 1 aromatic heterocycles. The number of rotatable bonds is 4. The fourth-order valence-electron chi connectivity index (χ4n) is 1.51. The highest BCUT2D eigenvalue weighted by Gasteiger charge is 2.06. The lowest BCUT2D eigenvalue weighted by molar-refractivity contribution is 0.914. The molecule has 0 saturated heterocycles. The van der Waals surface area contributed by atoms with E-state index in [0.717, 1.165) is 22.8 Å². The summed E-state index contributed by atoms with van der Waals surface area (Å²) in [6.45, 7) is 0.719. The van der Waals surface area contributed by atoms with Gasteiger partial charge in [-0.1, -0.05) is 18.2 Å². The van der Waals surface area contributed by atoms with Crippen LogP contribution in [-0.4, -0.2) is 22.2 Å². The molecule has 88 valence electrons. The third-order valence-electron chi connectivity index (χ3n) is 2.33. The number of amidine groups is 1. The molecule has 0 bridgehead atoms. The van der Waals surface area contributed by atoms with Gasteiger partial charge in [-0.3, -0.25) is 5.41 Å². The second kappa shape index (κ2) is 4.92. The highest BCUT2D eigenvalue weighted by atomic mass is 32.1. The van der Waals surface area contributed by atoms with Gasteiger partial charge in [-0.25, -0.2) is 4.98 Å². The summed E-state index contributed by atoms with van der Waals surface area (Å²) >= 11 is 1.36. The Balaban J connectivity index is 2.13. The number of nitrogens with two attached hydrogens (primary N) is 1. The van der Waals surface area contributed by atoms with Crippen LogP contribution in [0.2, 0.25) is 0 Å². The number of aromatic nitrogens is 2. The maximum absolute atomic E-state index is 7.40. The zero-order valence-electron chi connectivity index (χ0n) is 9.42. The minimum Gasteiger partial charge on any atom is -0.384 e. The first kappa shape index (κ1) is 11.5. The summed E-state index contributed by atoms with van der Waals surface area (Å²) in [5.41, 5.74) is 7.29. The van der Waals surface area contributed by atoms with Gasteiger partial charge >= 0.3 is 0 Å². The van der Waals surface area contributed by atoms with Crippen LogP contribution in [0.4, 0.5) is 5.13 Å². The molecule has 0 radical (unpaired) electrons. The van der Waals surface area contributed by atoms with Crippen molar-refractivity contribution in [2.45, 2.75) is 6.54 Å². The Morgan fingerprint density at radius 2 is 2.35 bits per heavy atom. The van der Waals surface area contributed by atoms with Crippen LogP contribution in [0.5, 0.6) is 0 Å². The van der Waals surface area contributed by atoms with Crippen molar-refractivity contribution >= 4 is 22.5 Å². The largest absolute Gasteiger partial charge is 0.384 e. The second-order valence-corrected chi connectivity index (χ2v) is 4.45. The van der Waals surface area contributed by atoms with Crippen LogP contribution < -0.4 is 10.6 Å². The van der Waals surface area contributed by atoms with Gasteiger partial charge in [0.1, 0.15) is 12.2 Å². The monoisotopic (exact) mass is 247 g/mol. The van der Waals surface area contributed by atoms with E-state index in [4.69, 9.17) is 11.1 Å². The van der Waals surface area contributed by atoms with Gasteiger partial charge in [0.2, 0.25) is 5.13 Å². The summed E-state index contributed by atoms with van der Waals surface area (Å²) in [6.07, 6.45) is 1.54. The maximum atomic E-state index is 7.40. The molecule has 3 N–H and O–H groups in total. The summed E-state index contributed by atoms with van der Waals surface area (Å²) in [6, 6.07) is 7.65. The van der Waals surface area contributed by atoms with Crippen molar-refractivity contribution < 1.29 is 0 Å². The van der Waals surface area contributed by atoms with E-state index in [1.165, 1.54) is 11.5 Å². The van der Waals surface area contributed by atoms with Crippen LogP contribution in [0.3, 0.4) is 0 Å². The molecular weight excluding hydrogens is 234 g/mol. The van der Waals surface area contributed by atoms with Gasteiger partial charge < -0.3 is 10.6 Å². The summed E-state index contributed by atoms with van der Waals surface area (Å²) < 4.78 is 3.97. The van der Waals surface area contributed by atoms with E-state index in [1.54, 1.807) is 6.33 Å². The molecule has 0 atom stereocenters. The Bertz CT molecular complexity index is 508. The van der Waals surface area contributed by atoms with Gasteiger partial charge in [-0.05, 0) is 11.6 Å². The molecule has 0 aliphatic heterocycles. The number of nitrogen functional groups attached to an aromatic ring is 1. The number of benzene rings is 1. The van der Waals surface area contributed by atoms with Crippen molar-refractivity contribution in [2.24, 2.45) is 5.73 Å². The SMILES string of the molecule is CN(Cc1cccc(C(=N)N)c1)c1ncns1. The standard InChI is InChI=1S/C11H13N5S/c1-16(11-14-7-15-17-11)6-8-3-2-4-9(5-8)10(12)13/h2-5,7H,6H2,1H3,(H3,12,13). The quantitative estimate of drug-likeness (QED) is 0.633. The van der Waals surface area contributed by atoms with Crippen LogP contribution in [0.15, 0.2) is 30.6 Å². The van der Waals surface area contributed by atoms with Gasteiger partial charge in [0, 0.05) is 30.7 Å². The highest BCUT2D eigenvalue weighted by Crippen LogP contribution is 2.16. The average Bonchev–Trinajstić information content (AvgIpc) is 2.82. The molecule has 0 saturated carbocycles. The Hall–Kier alpha value is -1.95. The minimum absolute atomic E-state index is 0.0884. The van der Waals surface area contributed by atoms with Crippen LogP contribution in [0.25, 0.3) is 0 Å². The van der Waals surface area contributed by atoms with Crippen LogP contribution in [0.1, 0.15) is 11.1 Å². The summed E-state index contributed by atoms with van der Waals surface area (Å²) in [4.78, 5) is 6.15. The number of hydrogen-bond acceptors (Lipinski definition) is 5. The Kier molecular flexibility index (Phi) is 3.34. The minimum atomic E-state index is 0.0884. The predicted molar refractivity (Wildman–Crippen MR) is 69.5 cm³/mol. The molecule has 0 aliphatic rings. The average molecular weight is 247 g/mol. The molecule has 5 nitrogen and oxygen atoms in total. The Morgan fingerprint density at radius 3 is 3.00 bits per heavy atom. The molecular formula is C11H13N5S. The first-order valence-corrected chi connectivity index (χ1v) is 5.85. The van der Waals surface area contributed by atoms with Gasteiger partial charge in [-0.15, -0.1) is 0 Å². The third-order valence-corrected chi connectivity index (χ3v) is 3.11. The number of hydrogen-bond donors (Lipinski definition) is 2. The van der Waals surface area contributed by atoms with Gasteiger partial charge in [0.15, 0.2) is 0 Å². The van der Waals surface area contributed by atoms with Crippen LogP contribution in [0, 0.1) is 5.41 Å². The smallest absolute Gasteiger partial charge is 0.204 e. The first-order chi connectivity index (χ1) is 8.16. The lowest BCUT2D eigenvalue weighted by Crippen LogP contribution is -2.17. The molecule has 1 aromatic carbocycles. The molecule has 6 heteroatoms. The predicted octanol–water partition coefficient (Wildman–Crippen LogP) is 1.46. The van der Waals surface area contributed by atoms with Crippen molar-refractivity contribution in [2.75, 3.05) is 11.9 Å². The number of anilines is 1. The van der Waals surface area contributed by atoms with E-state index in [9.17, 15) is 0 Å². The van der Waals surface area contributed by atoms with Crippen LogP contribution >= 0.6 is 11.5 Å². The second-order valence-electron chi connectivity index (χ2n) is 3.69. The number of nitrogens with zero attached hydrogens (tertiary/aromatic N) is 3. The highest BCUT2D eigenvalue weighted by molar-refractivity contribution is 7.09. The lowest BCUT2D eigenvalue weighted by Gasteiger charge is -2.15. The van der Waals surface area contributed by atoms with E-state index in [-0.39, 0.29) is 5.84 Å². The van der Waals surface area contributed by atoms with Crippen molar-refractivity contribution in [3.05, 3.63) is 41.7 Å². The zero-order chi connectivity index (χ0) is 12.3. The van der Waals surface area contributed by atoms with Gasteiger partial charge in [0.25, 0.3) is 0 Å². The fourth-order valence-corrected chi connectivity index (χ4v) is 2.00. The summed E-state index contributed by atoms with van der Waals surface area (Å²) in [7, 11) is 1.96. The summed E-state index contributed by atoms with van der Waals surface area (Å²) in [5.74, 6) is 0.0884. The van der Waals surface area contributed by atoms with Crippen molar-refractivity contribution in [1.82, 2.24) is 9.36 Å². The Labute approximate surface area is 104 Å². The lowest BCUT2D eigenvalue weighted by atomic mass is 10.1. The zero-order valence-corrected chi connectivity index (χ0v) is 10.2. The maximum Gasteiger partial charge on any atom is 0.204 e. The molecule has 0 unspecified atom stereocenters. The number of nitrogens with one attached hydrogen (secondary N) is 1. The third kappa shape index (κ3) is 2.79. The molecule has 0 aliphatic carbocycles. The van der Waals surface area contributed by atoms with E-state index >= 15 is 0 Å². The van der Waals surface area contributed by atoms with Gasteiger partial charge in [0.05, 0.1) is 0 Å². The fraction of sp³-hybridized carbons (Fsp3) is 0.182. The van der Waals surface area contributed by atoms with Crippen molar-refractivity contribution in [1.29, 1.82) is 5.41 Å². The van der Waals surface area contributed by atoms with Crippen LogP contribution in [-0.2, 0) is 6.54 Å². The van der Waals surface area contributed by atoms with E-state index in [2.05, 4.69) is 9.36 Å². The van der Waals surface area contributed by atoms with E-state index in [1.807, 2.05) is 36.2 Å². The molecule has 0 amide bonds. The Morgan fingerprint density at radius 1 is 1.53 bits per heavy atom. The van der Waals surface area contributed by atoms with Crippen molar-refractivity contribution in [3.8, 4) is 0 Å². The topological polar surface area (TPSA) is 78.9 Å². The first-order valence-electron chi connectivity index (χ1n) is 5.08. The molecule has 17 heavy (non-hydrogen) atoms. The molecule has 0 spiro atoms.